The molecule has 0 radical (unpaired) electrons. The Hall–Kier alpha value is -3.41. The lowest BCUT2D eigenvalue weighted by Gasteiger charge is -2.10. The van der Waals surface area contributed by atoms with Crippen molar-refractivity contribution in [1.29, 1.82) is 0 Å². The van der Waals surface area contributed by atoms with Crippen LogP contribution in [0.3, 0.4) is 0 Å². The summed E-state index contributed by atoms with van der Waals surface area (Å²) in [6.45, 7) is 2.64. The molecule has 4 aromatic rings. The van der Waals surface area contributed by atoms with Crippen LogP contribution in [0, 0.1) is 6.92 Å². The number of rotatable bonds is 5. The molecule has 3 heterocycles. The number of ether oxygens (including phenoxy) is 1. The summed E-state index contributed by atoms with van der Waals surface area (Å²) in [7, 11) is 1.67. The van der Waals surface area contributed by atoms with Crippen LogP contribution in [0.25, 0.3) is 16.8 Å². The maximum Gasteiger partial charge on any atom is 0.165 e. The van der Waals surface area contributed by atoms with Crippen LogP contribution in [-0.4, -0.2) is 26.7 Å². The Morgan fingerprint density at radius 2 is 1.96 bits per heavy atom. The van der Waals surface area contributed by atoms with Crippen LogP contribution in [0.4, 0.5) is 5.82 Å². The first kappa shape index (κ1) is 16.1. The molecule has 26 heavy (non-hydrogen) atoms. The van der Waals surface area contributed by atoms with E-state index in [1.54, 1.807) is 13.3 Å². The lowest BCUT2D eigenvalue weighted by molar-refractivity contribution is 0.416. The summed E-state index contributed by atoms with van der Waals surface area (Å²) >= 11 is 0. The van der Waals surface area contributed by atoms with E-state index in [0.717, 1.165) is 39.6 Å². The molecule has 0 aliphatic heterocycles. The minimum atomic E-state index is 0.663. The van der Waals surface area contributed by atoms with Gasteiger partial charge in [0.1, 0.15) is 11.6 Å². The highest BCUT2D eigenvalue weighted by Crippen LogP contribution is 2.32. The molecule has 0 saturated heterocycles. The molecule has 0 amide bonds. The predicted octanol–water partition coefficient (Wildman–Crippen LogP) is 3.72. The van der Waals surface area contributed by atoms with Crippen LogP contribution in [0.15, 0.2) is 61.1 Å². The number of benzene rings is 1. The van der Waals surface area contributed by atoms with Gasteiger partial charge in [0.25, 0.3) is 0 Å². The number of aromatic nitrogens is 4. The van der Waals surface area contributed by atoms with Crippen molar-refractivity contribution in [2.45, 2.75) is 13.5 Å². The van der Waals surface area contributed by atoms with E-state index < -0.39 is 0 Å². The van der Waals surface area contributed by atoms with Gasteiger partial charge in [-0.2, -0.15) is 9.61 Å². The summed E-state index contributed by atoms with van der Waals surface area (Å²) in [5.41, 5.74) is 4.73. The molecule has 0 spiro atoms. The fourth-order valence-electron chi connectivity index (χ4n) is 2.96. The SMILES string of the molecule is COc1ccccc1-c1cnn2c(NCc3cccnc3)cc(C)nc12. The Balaban J connectivity index is 1.76. The molecular weight excluding hydrogens is 326 g/mol. The van der Waals surface area contributed by atoms with E-state index in [2.05, 4.69) is 15.4 Å². The molecule has 1 aromatic carbocycles. The standard InChI is InChI=1S/C20H19N5O/c1-14-10-19(22-12-15-6-5-9-21-11-15)25-20(24-14)17(13-23-25)16-7-3-4-8-18(16)26-2/h3-11,13,22H,12H2,1-2H3. The normalized spacial score (nSPS) is 10.8. The van der Waals surface area contributed by atoms with Gasteiger partial charge < -0.3 is 10.1 Å². The quantitative estimate of drug-likeness (QED) is 0.597. The molecule has 6 heteroatoms. The van der Waals surface area contributed by atoms with Gasteiger partial charge in [0.2, 0.25) is 0 Å². The fraction of sp³-hybridized carbons (Fsp3) is 0.150. The molecule has 0 fully saturated rings. The number of hydrogen-bond acceptors (Lipinski definition) is 5. The lowest BCUT2D eigenvalue weighted by atomic mass is 10.1. The first-order valence-corrected chi connectivity index (χ1v) is 8.38. The van der Waals surface area contributed by atoms with Crippen molar-refractivity contribution >= 4 is 11.5 Å². The largest absolute Gasteiger partial charge is 0.496 e. The second-order valence-corrected chi connectivity index (χ2v) is 5.99. The van der Waals surface area contributed by atoms with Crippen molar-refractivity contribution in [2.24, 2.45) is 0 Å². The Morgan fingerprint density at radius 1 is 1.08 bits per heavy atom. The molecule has 130 valence electrons. The molecule has 4 rings (SSSR count). The van der Waals surface area contributed by atoms with Crippen LogP contribution < -0.4 is 10.1 Å². The average molecular weight is 345 g/mol. The highest BCUT2D eigenvalue weighted by molar-refractivity contribution is 5.82. The van der Waals surface area contributed by atoms with E-state index in [-0.39, 0.29) is 0 Å². The van der Waals surface area contributed by atoms with E-state index in [9.17, 15) is 0 Å². The van der Waals surface area contributed by atoms with Gasteiger partial charge in [-0.1, -0.05) is 24.3 Å². The summed E-state index contributed by atoms with van der Waals surface area (Å²) in [4.78, 5) is 8.85. The summed E-state index contributed by atoms with van der Waals surface area (Å²) in [5, 5.41) is 7.97. The molecular formula is C20H19N5O. The average Bonchev–Trinajstić information content (AvgIpc) is 3.10. The third kappa shape index (κ3) is 2.97. The van der Waals surface area contributed by atoms with Crippen LogP contribution in [0.1, 0.15) is 11.3 Å². The number of methoxy groups -OCH3 is 1. The van der Waals surface area contributed by atoms with Crippen LogP contribution in [0.2, 0.25) is 0 Å². The number of para-hydroxylation sites is 1. The smallest absolute Gasteiger partial charge is 0.165 e. The number of hydrogen-bond donors (Lipinski definition) is 1. The van der Waals surface area contributed by atoms with Crippen molar-refractivity contribution in [3.8, 4) is 16.9 Å². The third-order valence-corrected chi connectivity index (χ3v) is 4.19. The minimum Gasteiger partial charge on any atom is -0.496 e. The van der Waals surface area contributed by atoms with Gasteiger partial charge in [-0.05, 0) is 24.6 Å². The fourth-order valence-corrected chi connectivity index (χ4v) is 2.96. The topological polar surface area (TPSA) is 64.3 Å². The number of anilines is 1. The molecule has 0 aliphatic carbocycles. The Kier molecular flexibility index (Phi) is 4.23. The molecule has 3 aromatic heterocycles. The van der Waals surface area contributed by atoms with E-state index in [1.807, 2.05) is 66.3 Å². The number of nitrogens with zero attached hydrogens (tertiary/aromatic N) is 4. The van der Waals surface area contributed by atoms with E-state index in [4.69, 9.17) is 9.72 Å². The summed E-state index contributed by atoms with van der Waals surface area (Å²) < 4.78 is 7.32. The van der Waals surface area contributed by atoms with Gasteiger partial charge in [-0.15, -0.1) is 0 Å². The Labute approximate surface area is 151 Å². The van der Waals surface area contributed by atoms with Gasteiger partial charge >= 0.3 is 0 Å². The van der Waals surface area contributed by atoms with Gasteiger partial charge in [0, 0.05) is 36.3 Å². The van der Waals surface area contributed by atoms with E-state index in [0.29, 0.717) is 6.54 Å². The van der Waals surface area contributed by atoms with Gasteiger partial charge in [0.15, 0.2) is 5.65 Å². The molecule has 0 unspecified atom stereocenters. The van der Waals surface area contributed by atoms with Crippen molar-refractivity contribution < 1.29 is 4.74 Å². The zero-order valence-electron chi connectivity index (χ0n) is 14.7. The highest BCUT2D eigenvalue weighted by atomic mass is 16.5. The maximum atomic E-state index is 5.50. The van der Waals surface area contributed by atoms with Crippen LogP contribution in [0.5, 0.6) is 5.75 Å². The van der Waals surface area contributed by atoms with Gasteiger partial charge in [0.05, 0.1) is 18.9 Å². The first-order chi connectivity index (χ1) is 12.8. The van der Waals surface area contributed by atoms with Crippen LogP contribution in [-0.2, 0) is 6.54 Å². The van der Waals surface area contributed by atoms with Crippen molar-refractivity contribution in [3.05, 3.63) is 72.3 Å². The van der Waals surface area contributed by atoms with Crippen molar-refractivity contribution in [3.63, 3.8) is 0 Å². The Bertz CT molecular complexity index is 1040. The van der Waals surface area contributed by atoms with E-state index in [1.165, 1.54) is 0 Å². The molecule has 0 bridgehead atoms. The molecule has 0 saturated carbocycles. The van der Waals surface area contributed by atoms with Gasteiger partial charge in [-0.3, -0.25) is 4.98 Å². The summed E-state index contributed by atoms with van der Waals surface area (Å²) in [5.74, 6) is 1.69. The monoisotopic (exact) mass is 345 g/mol. The molecule has 6 nitrogen and oxygen atoms in total. The zero-order valence-corrected chi connectivity index (χ0v) is 14.7. The minimum absolute atomic E-state index is 0.663. The molecule has 1 N–H and O–H groups in total. The molecule has 0 aliphatic rings. The van der Waals surface area contributed by atoms with Crippen LogP contribution >= 0.6 is 0 Å². The highest BCUT2D eigenvalue weighted by Gasteiger charge is 2.15. The Morgan fingerprint density at radius 3 is 2.77 bits per heavy atom. The van der Waals surface area contributed by atoms with E-state index >= 15 is 0 Å². The number of pyridine rings is 1. The number of fused-ring (bicyclic) bond motifs is 1. The lowest BCUT2D eigenvalue weighted by Crippen LogP contribution is -2.07. The zero-order chi connectivity index (χ0) is 17.9. The number of aryl methyl sites for hydroxylation is 1. The van der Waals surface area contributed by atoms with Crippen molar-refractivity contribution in [1.82, 2.24) is 19.6 Å². The second kappa shape index (κ2) is 6.84. The van der Waals surface area contributed by atoms with Crippen molar-refractivity contribution in [2.75, 3.05) is 12.4 Å². The second-order valence-electron chi connectivity index (χ2n) is 5.99. The summed E-state index contributed by atoms with van der Waals surface area (Å²) in [6.07, 6.45) is 5.45. The first-order valence-electron chi connectivity index (χ1n) is 8.38. The third-order valence-electron chi connectivity index (χ3n) is 4.19. The van der Waals surface area contributed by atoms with Gasteiger partial charge in [-0.25, -0.2) is 4.98 Å². The predicted molar refractivity (Wildman–Crippen MR) is 101 cm³/mol. The molecule has 0 atom stereocenters. The maximum absolute atomic E-state index is 5.50. The summed E-state index contributed by atoms with van der Waals surface area (Å²) in [6, 6.07) is 13.8. The number of nitrogens with one attached hydrogen (secondary N) is 1.